The van der Waals surface area contributed by atoms with Crippen LogP contribution in [0.4, 0.5) is 5.69 Å². The van der Waals surface area contributed by atoms with Gasteiger partial charge in [-0.3, -0.25) is 9.59 Å². The van der Waals surface area contributed by atoms with Crippen LogP contribution in [0.15, 0.2) is 59.7 Å². The first-order valence-electron chi connectivity index (χ1n) is 10.9. The molecule has 0 aromatic heterocycles. The average molecular weight is 533 g/mol. The number of hydrazone groups is 1. The summed E-state index contributed by atoms with van der Waals surface area (Å²) in [5.41, 5.74) is 6.16. The normalized spacial score (nSPS) is 10.9. The number of para-hydroxylation sites is 1. The maximum Gasteiger partial charge on any atom is 0.329 e. The smallest absolute Gasteiger partial charge is 0.329 e. The topological polar surface area (TPSA) is 79.8 Å². The Morgan fingerprint density at radius 3 is 2.29 bits per heavy atom. The molecule has 6 nitrogen and oxygen atoms in total. The summed E-state index contributed by atoms with van der Waals surface area (Å²) in [6.45, 7) is 4.20. The minimum absolute atomic E-state index is 0.227. The number of anilines is 1. The molecule has 3 aromatic rings. The molecular formula is C26H24Cl3N3O3. The van der Waals surface area contributed by atoms with E-state index in [1.807, 2.05) is 32.0 Å². The highest BCUT2D eigenvalue weighted by Crippen LogP contribution is 2.26. The van der Waals surface area contributed by atoms with Crippen LogP contribution in [0.25, 0.3) is 0 Å². The number of carbonyl (C=O) groups is 2. The van der Waals surface area contributed by atoms with Crippen molar-refractivity contribution >= 4 is 58.5 Å². The number of nitrogens with one attached hydrogen (secondary N) is 2. The molecule has 0 fully saturated rings. The van der Waals surface area contributed by atoms with Crippen LogP contribution in [0.3, 0.4) is 0 Å². The third-order valence-corrected chi connectivity index (χ3v) is 6.14. The molecule has 0 heterocycles. The van der Waals surface area contributed by atoms with Gasteiger partial charge in [-0.25, -0.2) is 5.43 Å². The van der Waals surface area contributed by atoms with Crippen LogP contribution in [0.5, 0.6) is 5.75 Å². The Balaban J connectivity index is 1.66. The SMILES string of the molecule is CCc1cccc(CC)c1NC(=O)C(=O)N/N=C\c1cc(Cl)ccc1OCc1ccc(Cl)c(Cl)c1. The number of aryl methyl sites for hydroxylation is 2. The average Bonchev–Trinajstić information content (AvgIpc) is 2.85. The van der Waals surface area contributed by atoms with Gasteiger partial charge in [-0.1, -0.05) is 72.9 Å². The van der Waals surface area contributed by atoms with Gasteiger partial charge in [0.25, 0.3) is 0 Å². The Bertz CT molecular complexity index is 1240. The first kappa shape index (κ1) is 26.5. The lowest BCUT2D eigenvalue weighted by molar-refractivity contribution is -0.136. The van der Waals surface area contributed by atoms with Gasteiger partial charge in [-0.15, -0.1) is 0 Å². The second-order valence-electron chi connectivity index (χ2n) is 7.53. The number of amides is 2. The molecule has 0 saturated carbocycles. The summed E-state index contributed by atoms with van der Waals surface area (Å²) in [6.07, 6.45) is 2.81. The molecule has 35 heavy (non-hydrogen) atoms. The van der Waals surface area contributed by atoms with Gasteiger partial charge in [0.05, 0.1) is 16.3 Å². The number of ether oxygens (including phenoxy) is 1. The molecule has 3 rings (SSSR count). The predicted octanol–water partition coefficient (Wildman–Crippen LogP) is 6.44. The number of carbonyl (C=O) groups excluding carboxylic acids is 2. The van der Waals surface area contributed by atoms with E-state index in [0.717, 1.165) is 29.5 Å². The fourth-order valence-corrected chi connectivity index (χ4v) is 3.83. The van der Waals surface area contributed by atoms with Crippen molar-refractivity contribution in [3.8, 4) is 5.75 Å². The van der Waals surface area contributed by atoms with E-state index in [2.05, 4.69) is 15.8 Å². The molecule has 2 N–H and O–H groups in total. The van der Waals surface area contributed by atoms with Crippen molar-refractivity contribution in [2.45, 2.75) is 33.3 Å². The van der Waals surface area contributed by atoms with Gasteiger partial charge in [-0.2, -0.15) is 5.10 Å². The van der Waals surface area contributed by atoms with E-state index in [-0.39, 0.29) is 6.61 Å². The molecule has 2 amide bonds. The van der Waals surface area contributed by atoms with E-state index in [4.69, 9.17) is 39.5 Å². The van der Waals surface area contributed by atoms with Crippen LogP contribution in [-0.2, 0) is 29.0 Å². The molecule has 0 saturated heterocycles. The molecule has 0 unspecified atom stereocenters. The molecule has 0 bridgehead atoms. The fourth-order valence-electron chi connectivity index (χ4n) is 3.33. The standard InChI is InChI=1S/C26H24Cl3N3O3/c1-3-17-6-5-7-18(4-2)24(17)31-25(33)26(34)32-30-14-19-13-20(27)9-11-23(19)35-15-16-8-10-21(28)22(29)12-16/h5-14H,3-4,15H2,1-2H3,(H,31,33)(H,32,34)/b30-14-. The summed E-state index contributed by atoms with van der Waals surface area (Å²) in [7, 11) is 0. The first-order chi connectivity index (χ1) is 16.8. The first-order valence-corrected chi connectivity index (χ1v) is 12.1. The van der Waals surface area contributed by atoms with Gasteiger partial charge in [0, 0.05) is 16.3 Å². The summed E-state index contributed by atoms with van der Waals surface area (Å²) in [5, 5.41) is 7.96. The minimum atomic E-state index is -0.894. The lowest BCUT2D eigenvalue weighted by Gasteiger charge is -2.13. The molecule has 0 atom stereocenters. The summed E-state index contributed by atoms with van der Waals surface area (Å²) in [6, 6.07) is 16.0. The molecule has 0 spiro atoms. The fraction of sp³-hybridized carbons (Fsp3) is 0.192. The third kappa shape index (κ3) is 7.21. The van der Waals surface area contributed by atoms with Crippen molar-refractivity contribution < 1.29 is 14.3 Å². The zero-order valence-corrected chi connectivity index (χ0v) is 21.5. The summed E-state index contributed by atoms with van der Waals surface area (Å²) >= 11 is 18.1. The van der Waals surface area contributed by atoms with Crippen molar-refractivity contribution in [1.29, 1.82) is 0 Å². The second kappa shape index (κ2) is 12.6. The monoisotopic (exact) mass is 531 g/mol. The largest absolute Gasteiger partial charge is 0.488 e. The van der Waals surface area contributed by atoms with Crippen molar-refractivity contribution in [2.24, 2.45) is 5.10 Å². The van der Waals surface area contributed by atoms with E-state index < -0.39 is 11.8 Å². The second-order valence-corrected chi connectivity index (χ2v) is 8.78. The Labute approximate surface area is 219 Å². The Kier molecular flexibility index (Phi) is 9.55. The van der Waals surface area contributed by atoms with Gasteiger partial charge in [0.2, 0.25) is 0 Å². The Hall–Kier alpha value is -3.06. The highest BCUT2D eigenvalue weighted by Gasteiger charge is 2.16. The maximum absolute atomic E-state index is 12.5. The number of nitrogens with zero attached hydrogens (tertiary/aromatic N) is 1. The Morgan fingerprint density at radius 1 is 0.914 bits per heavy atom. The Morgan fingerprint density at radius 2 is 1.63 bits per heavy atom. The van der Waals surface area contributed by atoms with Crippen LogP contribution in [0.1, 0.15) is 36.1 Å². The van der Waals surface area contributed by atoms with Crippen molar-refractivity contribution in [3.05, 3.63) is 91.9 Å². The molecular weight excluding hydrogens is 509 g/mol. The number of rotatable bonds is 8. The number of hydrogen-bond donors (Lipinski definition) is 2. The quantitative estimate of drug-likeness (QED) is 0.199. The highest BCUT2D eigenvalue weighted by atomic mass is 35.5. The minimum Gasteiger partial charge on any atom is -0.488 e. The number of hydrogen-bond acceptors (Lipinski definition) is 4. The summed E-state index contributed by atoms with van der Waals surface area (Å²) in [4.78, 5) is 24.8. The predicted molar refractivity (Wildman–Crippen MR) is 142 cm³/mol. The van der Waals surface area contributed by atoms with Gasteiger partial charge < -0.3 is 10.1 Å². The highest BCUT2D eigenvalue weighted by molar-refractivity contribution is 6.42. The lowest BCUT2D eigenvalue weighted by atomic mass is 10.0. The van der Waals surface area contributed by atoms with Gasteiger partial charge in [0.15, 0.2) is 0 Å². The van der Waals surface area contributed by atoms with Crippen molar-refractivity contribution in [3.63, 3.8) is 0 Å². The summed E-state index contributed by atoms with van der Waals surface area (Å²) in [5.74, 6) is -1.22. The van der Waals surface area contributed by atoms with Crippen LogP contribution < -0.4 is 15.5 Å². The molecule has 9 heteroatoms. The molecule has 0 radical (unpaired) electrons. The van der Waals surface area contributed by atoms with Crippen LogP contribution in [0, 0.1) is 0 Å². The third-order valence-electron chi connectivity index (χ3n) is 5.16. The summed E-state index contributed by atoms with van der Waals surface area (Å²) < 4.78 is 5.86. The van der Waals surface area contributed by atoms with Gasteiger partial charge in [-0.05, 0) is 59.9 Å². The van der Waals surface area contributed by atoms with Crippen LogP contribution in [-0.4, -0.2) is 18.0 Å². The lowest BCUT2D eigenvalue weighted by Crippen LogP contribution is -2.33. The zero-order valence-electron chi connectivity index (χ0n) is 19.2. The maximum atomic E-state index is 12.5. The molecule has 3 aromatic carbocycles. The van der Waals surface area contributed by atoms with Gasteiger partial charge >= 0.3 is 11.8 Å². The molecule has 0 aliphatic rings. The van der Waals surface area contributed by atoms with Crippen molar-refractivity contribution in [2.75, 3.05) is 5.32 Å². The number of benzene rings is 3. The molecule has 0 aliphatic heterocycles. The van der Waals surface area contributed by atoms with Crippen LogP contribution >= 0.6 is 34.8 Å². The van der Waals surface area contributed by atoms with E-state index in [1.54, 1.807) is 36.4 Å². The van der Waals surface area contributed by atoms with E-state index in [0.29, 0.717) is 32.1 Å². The van der Waals surface area contributed by atoms with Crippen molar-refractivity contribution in [1.82, 2.24) is 5.43 Å². The van der Waals surface area contributed by atoms with E-state index >= 15 is 0 Å². The number of halogens is 3. The molecule has 0 aliphatic carbocycles. The van der Waals surface area contributed by atoms with E-state index in [1.165, 1.54) is 6.21 Å². The van der Waals surface area contributed by atoms with E-state index in [9.17, 15) is 9.59 Å². The van der Waals surface area contributed by atoms with Crippen LogP contribution in [0.2, 0.25) is 15.1 Å². The molecule has 182 valence electrons. The van der Waals surface area contributed by atoms with Gasteiger partial charge in [0.1, 0.15) is 12.4 Å². The zero-order chi connectivity index (χ0) is 25.4.